The maximum atomic E-state index is 13.9. The summed E-state index contributed by atoms with van der Waals surface area (Å²) in [6.07, 6.45) is 0.179. The molecule has 0 saturated heterocycles. The second-order valence-electron chi connectivity index (χ2n) is 9.70. The first-order valence-corrected chi connectivity index (χ1v) is 13.5. The largest absolute Gasteiger partial charge is 0.307 e. The molecule has 0 bridgehead atoms. The van der Waals surface area contributed by atoms with Crippen molar-refractivity contribution in [3.8, 4) is 0 Å². The number of anilines is 1. The lowest BCUT2D eigenvalue weighted by Gasteiger charge is -2.37. The molecule has 1 N–H and O–H groups in total. The van der Waals surface area contributed by atoms with Gasteiger partial charge in [-0.15, -0.1) is 11.3 Å². The zero-order valence-electron chi connectivity index (χ0n) is 18.0. The Hall–Kier alpha value is -1.36. The zero-order chi connectivity index (χ0) is 23.5. The number of alkyl halides is 2. The average Bonchev–Trinajstić information content (AvgIpc) is 3.27. The van der Waals surface area contributed by atoms with Gasteiger partial charge in [0, 0.05) is 45.9 Å². The first-order chi connectivity index (χ1) is 14.7. The lowest BCUT2D eigenvalue weighted by atomic mass is 9.69. The maximum Gasteiger partial charge on any atom is 0.259 e. The summed E-state index contributed by atoms with van der Waals surface area (Å²) >= 11 is 4.45. The number of nitrogens with one attached hydrogen (secondary N) is 1. The summed E-state index contributed by atoms with van der Waals surface area (Å²) in [7, 11) is -3.75. The third-order valence-corrected chi connectivity index (χ3v) is 9.68. The highest BCUT2D eigenvalue weighted by Gasteiger charge is 2.50. The molecule has 2 aromatic rings. The molecule has 5 nitrogen and oxygen atoms in total. The molecule has 2 heterocycles. The fraction of sp³-hybridized carbons (Fsp3) is 0.500. The Morgan fingerprint density at radius 3 is 2.44 bits per heavy atom. The third kappa shape index (κ3) is 4.51. The highest BCUT2D eigenvalue weighted by atomic mass is 79.9. The van der Waals surface area contributed by atoms with E-state index in [0.717, 1.165) is 21.4 Å². The quantitative estimate of drug-likeness (QED) is 0.537. The topological polar surface area (TPSA) is 66.5 Å². The van der Waals surface area contributed by atoms with Crippen molar-refractivity contribution < 1.29 is 22.0 Å². The summed E-state index contributed by atoms with van der Waals surface area (Å²) in [5.41, 5.74) is 0.704. The van der Waals surface area contributed by atoms with Gasteiger partial charge in [0.2, 0.25) is 5.92 Å². The van der Waals surface area contributed by atoms with Gasteiger partial charge in [0.1, 0.15) is 4.21 Å². The fourth-order valence-electron chi connectivity index (χ4n) is 4.52. The van der Waals surface area contributed by atoms with Gasteiger partial charge in [0.25, 0.3) is 15.9 Å². The molecular formula is C22H25BrF2N2O3S2. The predicted molar refractivity (Wildman–Crippen MR) is 125 cm³/mol. The minimum absolute atomic E-state index is 0.0676. The normalized spacial score (nSPS) is 19.9. The number of amides is 1. The van der Waals surface area contributed by atoms with Crippen LogP contribution in [0.1, 0.15) is 62.4 Å². The lowest BCUT2D eigenvalue weighted by molar-refractivity contribution is -0.0499. The fourth-order valence-corrected chi connectivity index (χ4v) is 7.46. The van der Waals surface area contributed by atoms with Gasteiger partial charge in [0.15, 0.2) is 0 Å². The highest BCUT2D eigenvalue weighted by molar-refractivity contribution is 9.10. The van der Waals surface area contributed by atoms with Crippen LogP contribution in [-0.2, 0) is 15.4 Å². The van der Waals surface area contributed by atoms with E-state index in [2.05, 4.69) is 20.7 Å². The van der Waals surface area contributed by atoms with E-state index in [1.54, 1.807) is 25.7 Å². The number of fused-ring (bicyclic) bond motifs is 2. The molecular weight excluding hydrogens is 522 g/mol. The molecule has 1 amide bonds. The van der Waals surface area contributed by atoms with Crippen molar-refractivity contribution in [2.45, 2.75) is 67.5 Å². The smallest absolute Gasteiger partial charge is 0.259 e. The Labute approximate surface area is 199 Å². The van der Waals surface area contributed by atoms with Crippen LogP contribution in [0.5, 0.6) is 0 Å². The van der Waals surface area contributed by atoms with E-state index < -0.39 is 26.9 Å². The van der Waals surface area contributed by atoms with Crippen LogP contribution in [0.25, 0.3) is 0 Å². The molecule has 1 aliphatic heterocycles. The number of thiophene rings is 1. The summed E-state index contributed by atoms with van der Waals surface area (Å²) in [5, 5.41) is 1.54. The molecule has 174 valence electrons. The van der Waals surface area contributed by atoms with E-state index in [1.165, 1.54) is 11.4 Å². The number of hydrogen-bond donors (Lipinski definition) is 1. The summed E-state index contributed by atoms with van der Waals surface area (Å²) < 4.78 is 56.6. The van der Waals surface area contributed by atoms with Crippen LogP contribution in [0, 0.1) is 0 Å². The van der Waals surface area contributed by atoms with Crippen LogP contribution in [0.3, 0.4) is 0 Å². The Balaban J connectivity index is 1.65. The molecule has 1 aliphatic carbocycles. The minimum atomic E-state index is -3.75. The number of halogens is 3. The number of benzene rings is 1. The van der Waals surface area contributed by atoms with E-state index in [1.807, 2.05) is 18.2 Å². The summed E-state index contributed by atoms with van der Waals surface area (Å²) in [6.45, 7) is 5.55. The van der Waals surface area contributed by atoms with Crippen LogP contribution in [0.2, 0.25) is 0 Å². The maximum absolute atomic E-state index is 13.9. The van der Waals surface area contributed by atoms with Crippen LogP contribution in [-0.4, -0.2) is 32.3 Å². The number of sulfonamides is 1. The highest BCUT2D eigenvalue weighted by Crippen LogP contribution is 2.53. The molecule has 2 aliphatic rings. The molecule has 0 radical (unpaired) electrons. The second kappa shape index (κ2) is 7.85. The first-order valence-electron chi connectivity index (χ1n) is 10.3. The van der Waals surface area contributed by atoms with Gasteiger partial charge in [-0.2, -0.15) is 0 Å². The Bertz CT molecular complexity index is 1160. The molecule has 1 spiro atoms. The van der Waals surface area contributed by atoms with Gasteiger partial charge in [-0.3, -0.25) is 4.79 Å². The van der Waals surface area contributed by atoms with Crippen molar-refractivity contribution in [2.75, 3.05) is 11.4 Å². The molecule has 10 heteroatoms. The Morgan fingerprint density at radius 1 is 1.16 bits per heavy atom. The summed E-state index contributed by atoms with van der Waals surface area (Å²) in [4.78, 5) is 15.0. The SMILES string of the molecule is CC(C)(C)NS(=O)(=O)c1cc(C(=O)N2CC3(CCC(F)(F)CC3)c3cc(Br)ccc32)cs1. The van der Waals surface area contributed by atoms with Crippen molar-refractivity contribution in [1.29, 1.82) is 0 Å². The van der Waals surface area contributed by atoms with Crippen LogP contribution in [0.4, 0.5) is 14.5 Å². The minimum Gasteiger partial charge on any atom is -0.307 e. The number of carbonyl (C=O) groups excluding carboxylic acids is 1. The second-order valence-corrected chi connectivity index (χ2v) is 13.4. The van der Waals surface area contributed by atoms with Gasteiger partial charge in [0.05, 0.1) is 5.56 Å². The Kier molecular flexibility index (Phi) is 5.84. The first kappa shape index (κ1) is 23.8. The molecule has 0 atom stereocenters. The van der Waals surface area contributed by atoms with Crippen molar-refractivity contribution in [2.24, 2.45) is 0 Å². The lowest BCUT2D eigenvalue weighted by Crippen LogP contribution is -2.42. The summed E-state index contributed by atoms with van der Waals surface area (Å²) in [5.74, 6) is -3.00. The monoisotopic (exact) mass is 546 g/mol. The van der Waals surface area contributed by atoms with Crippen molar-refractivity contribution in [1.82, 2.24) is 4.72 Å². The number of nitrogens with zero attached hydrogens (tertiary/aromatic N) is 1. The molecule has 1 fully saturated rings. The van der Waals surface area contributed by atoms with Crippen LogP contribution < -0.4 is 9.62 Å². The van der Waals surface area contributed by atoms with Crippen molar-refractivity contribution in [3.63, 3.8) is 0 Å². The van der Waals surface area contributed by atoms with E-state index in [4.69, 9.17) is 0 Å². The molecule has 1 aromatic heterocycles. The molecule has 4 rings (SSSR count). The van der Waals surface area contributed by atoms with E-state index >= 15 is 0 Å². The van der Waals surface area contributed by atoms with Gasteiger partial charge < -0.3 is 4.90 Å². The number of carbonyl (C=O) groups is 1. The Morgan fingerprint density at radius 2 is 1.81 bits per heavy atom. The van der Waals surface area contributed by atoms with Crippen molar-refractivity contribution >= 4 is 48.9 Å². The molecule has 0 unspecified atom stereocenters. The predicted octanol–water partition coefficient (Wildman–Crippen LogP) is 5.69. The average molecular weight is 547 g/mol. The van der Waals surface area contributed by atoms with E-state index in [9.17, 15) is 22.0 Å². The molecule has 1 saturated carbocycles. The molecule has 32 heavy (non-hydrogen) atoms. The third-order valence-electron chi connectivity index (χ3n) is 5.99. The van der Waals surface area contributed by atoms with Gasteiger partial charge in [-0.1, -0.05) is 15.9 Å². The number of hydrogen-bond acceptors (Lipinski definition) is 4. The van der Waals surface area contributed by atoms with Crippen molar-refractivity contribution in [3.05, 3.63) is 45.2 Å². The van der Waals surface area contributed by atoms with Gasteiger partial charge in [-0.05, 0) is 63.4 Å². The standard InChI is InChI=1S/C22H25BrF2N2O3S2/c1-20(2,3)26-32(29,30)18-10-14(12-31-18)19(28)27-13-21(6-8-22(24,25)9-7-21)16-11-15(23)4-5-17(16)27/h4-5,10-12,26H,6-9,13H2,1-3H3. The zero-order valence-corrected chi connectivity index (χ0v) is 21.3. The van der Waals surface area contributed by atoms with Gasteiger partial charge in [-0.25, -0.2) is 21.9 Å². The van der Waals surface area contributed by atoms with Crippen LogP contribution in [0.15, 0.2) is 38.3 Å². The molecule has 1 aromatic carbocycles. The van der Waals surface area contributed by atoms with E-state index in [-0.39, 0.29) is 28.5 Å². The number of rotatable bonds is 3. The van der Waals surface area contributed by atoms with E-state index in [0.29, 0.717) is 25.1 Å². The van der Waals surface area contributed by atoms with Crippen LogP contribution >= 0.6 is 27.3 Å². The van der Waals surface area contributed by atoms with Gasteiger partial charge >= 0.3 is 0 Å². The summed E-state index contributed by atoms with van der Waals surface area (Å²) in [6, 6.07) is 6.96.